The van der Waals surface area contributed by atoms with Crippen LogP contribution in [-0.4, -0.2) is 13.1 Å². The monoisotopic (exact) mass is 284 g/mol. The van der Waals surface area contributed by atoms with Gasteiger partial charge in [-0.25, -0.2) is 4.79 Å². The molecule has 1 atom stereocenters. The molecule has 0 aliphatic heterocycles. The molecule has 0 saturated carbocycles. The molecule has 4 heteroatoms. The standard InChI is InChI=1S/C17H20N2O2/c1-3-16(13-7-5-4-6-8-13)19-17(20)18-14-9-11-15(21-2)12-10-14/h4-12,16H,3H2,1-2H3,(H2,18,19,20). The van der Waals surface area contributed by atoms with Crippen molar-refractivity contribution in [3.63, 3.8) is 0 Å². The van der Waals surface area contributed by atoms with Crippen LogP contribution in [0, 0.1) is 0 Å². The molecule has 0 spiro atoms. The minimum atomic E-state index is -0.212. The SMILES string of the molecule is CCC(NC(=O)Nc1ccc(OC)cc1)c1ccccc1. The second kappa shape index (κ2) is 7.33. The Morgan fingerprint density at radius 1 is 1.10 bits per heavy atom. The summed E-state index contributed by atoms with van der Waals surface area (Å²) >= 11 is 0. The highest BCUT2D eigenvalue weighted by Crippen LogP contribution is 2.17. The lowest BCUT2D eigenvalue weighted by molar-refractivity contribution is 0.248. The van der Waals surface area contributed by atoms with Crippen LogP contribution in [0.5, 0.6) is 5.75 Å². The molecule has 4 nitrogen and oxygen atoms in total. The highest BCUT2D eigenvalue weighted by Gasteiger charge is 2.12. The van der Waals surface area contributed by atoms with Gasteiger partial charge in [0.05, 0.1) is 13.2 Å². The van der Waals surface area contributed by atoms with Gasteiger partial charge in [0, 0.05) is 5.69 Å². The number of amides is 2. The zero-order chi connectivity index (χ0) is 15.1. The molecule has 2 amide bonds. The number of nitrogens with one attached hydrogen (secondary N) is 2. The van der Waals surface area contributed by atoms with Gasteiger partial charge in [0.25, 0.3) is 0 Å². The van der Waals surface area contributed by atoms with Crippen molar-refractivity contribution < 1.29 is 9.53 Å². The van der Waals surface area contributed by atoms with Crippen LogP contribution in [0.4, 0.5) is 10.5 Å². The van der Waals surface area contributed by atoms with Gasteiger partial charge in [-0.15, -0.1) is 0 Å². The number of hydrogen-bond acceptors (Lipinski definition) is 2. The average molecular weight is 284 g/mol. The zero-order valence-corrected chi connectivity index (χ0v) is 12.3. The van der Waals surface area contributed by atoms with Crippen molar-refractivity contribution in [3.05, 3.63) is 60.2 Å². The van der Waals surface area contributed by atoms with E-state index in [0.717, 1.165) is 23.4 Å². The molecule has 0 fully saturated rings. The van der Waals surface area contributed by atoms with E-state index in [9.17, 15) is 4.79 Å². The number of ether oxygens (including phenoxy) is 1. The maximum atomic E-state index is 12.1. The molecule has 2 aromatic carbocycles. The van der Waals surface area contributed by atoms with Crippen LogP contribution in [0.15, 0.2) is 54.6 Å². The number of carbonyl (C=O) groups is 1. The molecular weight excluding hydrogens is 264 g/mol. The predicted molar refractivity (Wildman–Crippen MR) is 84.6 cm³/mol. The fourth-order valence-electron chi connectivity index (χ4n) is 2.11. The number of anilines is 1. The average Bonchev–Trinajstić information content (AvgIpc) is 2.54. The molecule has 0 aliphatic rings. The molecule has 2 rings (SSSR count). The van der Waals surface area contributed by atoms with Crippen molar-refractivity contribution in [2.45, 2.75) is 19.4 Å². The van der Waals surface area contributed by atoms with Gasteiger partial charge in [-0.2, -0.15) is 0 Å². The number of methoxy groups -OCH3 is 1. The number of urea groups is 1. The van der Waals surface area contributed by atoms with Crippen molar-refractivity contribution in [2.24, 2.45) is 0 Å². The number of rotatable bonds is 5. The summed E-state index contributed by atoms with van der Waals surface area (Å²) in [5.41, 5.74) is 1.83. The summed E-state index contributed by atoms with van der Waals surface area (Å²) in [6.45, 7) is 2.05. The molecule has 0 bridgehead atoms. The second-order valence-corrected chi connectivity index (χ2v) is 4.70. The summed E-state index contributed by atoms with van der Waals surface area (Å²) in [6.07, 6.45) is 0.833. The molecule has 21 heavy (non-hydrogen) atoms. The van der Waals surface area contributed by atoms with Crippen LogP contribution in [0.25, 0.3) is 0 Å². The first-order valence-corrected chi connectivity index (χ1v) is 6.99. The van der Waals surface area contributed by atoms with E-state index in [-0.39, 0.29) is 12.1 Å². The van der Waals surface area contributed by atoms with E-state index < -0.39 is 0 Å². The van der Waals surface area contributed by atoms with Gasteiger partial charge >= 0.3 is 6.03 Å². The number of carbonyl (C=O) groups excluding carboxylic acids is 1. The summed E-state index contributed by atoms with van der Waals surface area (Å²) in [7, 11) is 1.61. The summed E-state index contributed by atoms with van der Waals surface area (Å²) in [5, 5.41) is 5.80. The van der Waals surface area contributed by atoms with Crippen molar-refractivity contribution >= 4 is 11.7 Å². The lowest BCUT2D eigenvalue weighted by atomic mass is 10.1. The van der Waals surface area contributed by atoms with Crippen molar-refractivity contribution in [3.8, 4) is 5.75 Å². The van der Waals surface area contributed by atoms with Crippen LogP contribution in [-0.2, 0) is 0 Å². The Morgan fingerprint density at radius 3 is 2.33 bits per heavy atom. The van der Waals surface area contributed by atoms with E-state index in [1.54, 1.807) is 7.11 Å². The fraction of sp³-hybridized carbons (Fsp3) is 0.235. The first kappa shape index (κ1) is 14.9. The van der Waals surface area contributed by atoms with E-state index in [1.165, 1.54) is 0 Å². The lowest BCUT2D eigenvalue weighted by Gasteiger charge is -2.18. The highest BCUT2D eigenvalue weighted by atomic mass is 16.5. The summed E-state index contributed by atoms with van der Waals surface area (Å²) in [6, 6.07) is 17.0. The Labute approximate surface area is 125 Å². The largest absolute Gasteiger partial charge is 0.497 e. The second-order valence-electron chi connectivity index (χ2n) is 4.70. The Hall–Kier alpha value is -2.49. The van der Waals surface area contributed by atoms with Crippen LogP contribution in [0.3, 0.4) is 0 Å². The van der Waals surface area contributed by atoms with Crippen LogP contribution in [0.2, 0.25) is 0 Å². The predicted octanol–water partition coefficient (Wildman–Crippen LogP) is 3.97. The molecule has 1 unspecified atom stereocenters. The van der Waals surface area contributed by atoms with Crippen molar-refractivity contribution in [1.29, 1.82) is 0 Å². The quantitative estimate of drug-likeness (QED) is 0.873. The minimum absolute atomic E-state index is 0.00412. The number of benzene rings is 2. The topological polar surface area (TPSA) is 50.4 Å². The minimum Gasteiger partial charge on any atom is -0.497 e. The molecule has 110 valence electrons. The van der Waals surface area contributed by atoms with Gasteiger partial charge in [-0.3, -0.25) is 0 Å². The third-order valence-electron chi connectivity index (χ3n) is 3.26. The van der Waals surface area contributed by atoms with Crippen LogP contribution < -0.4 is 15.4 Å². The molecule has 2 aromatic rings. The normalized spacial score (nSPS) is 11.5. The van der Waals surface area contributed by atoms with Gasteiger partial charge < -0.3 is 15.4 Å². The smallest absolute Gasteiger partial charge is 0.319 e. The fourth-order valence-corrected chi connectivity index (χ4v) is 2.11. The van der Waals surface area contributed by atoms with Crippen molar-refractivity contribution in [2.75, 3.05) is 12.4 Å². The first-order chi connectivity index (χ1) is 10.2. The number of hydrogen-bond donors (Lipinski definition) is 2. The van der Waals surface area contributed by atoms with Crippen LogP contribution >= 0.6 is 0 Å². The van der Waals surface area contributed by atoms with Gasteiger partial charge in [0.2, 0.25) is 0 Å². The summed E-state index contributed by atoms with van der Waals surface area (Å²) in [4.78, 5) is 12.1. The first-order valence-electron chi connectivity index (χ1n) is 6.99. The van der Waals surface area contributed by atoms with E-state index in [0.29, 0.717) is 0 Å². The van der Waals surface area contributed by atoms with Crippen molar-refractivity contribution in [1.82, 2.24) is 5.32 Å². The summed E-state index contributed by atoms with van der Waals surface area (Å²) < 4.78 is 5.09. The van der Waals surface area contributed by atoms with Gasteiger partial charge in [0.15, 0.2) is 0 Å². The molecule has 0 radical (unpaired) electrons. The lowest BCUT2D eigenvalue weighted by Crippen LogP contribution is -2.32. The Kier molecular flexibility index (Phi) is 5.21. The van der Waals surface area contributed by atoms with E-state index in [4.69, 9.17) is 4.74 Å². The molecule has 0 aliphatic carbocycles. The molecule has 0 saturated heterocycles. The molecule has 0 heterocycles. The molecule has 0 aromatic heterocycles. The Morgan fingerprint density at radius 2 is 1.76 bits per heavy atom. The van der Waals surface area contributed by atoms with Crippen LogP contribution in [0.1, 0.15) is 24.9 Å². The highest BCUT2D eigenvalue weighted by molar-refractivity contribution is 5.89. The van der Waals surface area contributed by atoms with E-state index in [1.807, 2.05) is 61.5 Å². The molecule has 2 N–H and O–H groups in total. The maximum absolute atomic E-state index is 12.1. The Balaban J connectivity index is 1.96. The van der Waals surface area contributed by atoms with Gasteiger partial charge in [-0.1, -0.05) is 37.3 Å². The van der Waals surface area contributed by atoms with E-state index >= 15 is 0 Å². The van der Waals surface area contributed by atoms with Gasteiger partial charge in [0.1, 0.15) is 5.75 Å². The zero-order valence-electron chi connectivity index (χ0n) is 12.3. The Bertz CT molecular complexity index is 567. The molecular formula is C17H20N2O2. The third kappa shape index (κ3) is 4.24. The summed E-state index contributed by atoms with van der Waals surface area (Å²) in [5.74, 6) is 0.761. The third-order valence-corrected chi connectivity index (χ3v) is 3.26. The maximum Gasteiger partial charge on any atom is 0.319 e. The van der Waals surface area contributed by atoms with E-state index in [2.05, 4.69) is 10.6 Å². The van der Waals surface area contributed by atoms with Gasteiger partial charge in [-0.05, 0) is 36.2 Å².